The van der Waals surface area contributed by atoms with Crippen molar-refractivity contribution in [1.29, 1.82) is 0 Å². The molecule has 228 valence electrons. The Bertz CT molecular complexity index is 1270. The van der Waals surface area contributed by atoms with Gasteiger partial charge in [-0.15, -0.1) is 13.2 Å². The predicted molar refractivity (Wildman–Crippen MR) is 141 cm³/mol. The number of amides is 5. The van der Waals surface area contributed by atoms with E-state index in [2.05, 4.69) is 26.0 Å². The van der Waals surface area contributed by atoms with E-state index < -0.39 is 72.0 Å². The van der Waals surface area contributed by atoms with Crippen LogP contribution in [0.3, 0.4) is 0 Å². The molecule has 0 spiro atoms. The zero-order chi connectivity index (χ0) is 31.4. The fourth-order valence-electron chi connectivity index (χ4n) is 3.64. The highest BCUT2D eigenvalue weighted by atomic mass is 19.4. The third-order valence-electron chi connectivity index (χ3n) is 5.68. The molecule has 15 heteroatoms. The molecule has 0 aliphatic heterocycles. The minimum absolute atomic E-state index is 0.115. The normalized spacial score (nSPS) is 12.5. The molecule has 0 aliphatic rings. The summed E-state index contributed by atoms with van der Waals surface area (Å²) in [6, 6.07) is 8.68. The maximum atomic E-state index is 13.7. The monoisotopic (exact) mass is 596 g/mol. The van der Waals surface area contributed by atoms with Gasteiger partial charge in [0, 0.05) is 24.9 Å². The van der Waals surface area contributed by atoms with Crippen molar-refractivity contribution in [3.63, 3.8) is 0 Å². The van der Waals surface area contributed by atoms with Crippen LogP contribution in [0, 0.1) is 11.7 Å². The van der Waals surface area contributed by atoms with Gasteiger partial charge in [-0.1, -0.05) is 44.2 Å². The van der Waals surface area contributed by atoms with E-state index in [0.717, 1.165) is 11.6 Å². The van der Waals surface area contributed by atoms with Gasteiger partial charge in [0.2, 0.25) is 23.6 Å². The molecule has 0 radical (unpaired) electrons. The van der Waals surface area contributed by atoms with E-state index >= 15 is 0 Å². The smallest absolute Gasteiger partial charge is 0.403 e. The number of carbonyl (C=O) groups excluding carboxylic acids is 5. The Morgan fingerprint density at radius 2 is 1.60 bits per heavy atom. The van der Waals surface area contributed by atoms with Crippen LogP contribution in [0.25, 0.3) is 0 Å². The van der Waals surface area contributed by atoms with E-state index in [0.29, 0.717) is 12.1 Å². The van der Waals surface area contributed by atoms with Gasteiger partial charge in [-0.3, -0.25) is 24.0 Å². The molecule has 42 heavy (non-hydrogen) atoms. The molecule has 0 unspecified atom stereocenters. The highest BCUT2D eigenvalue weighted by molar-refractivity contribution is 5.98. The lowest BCUT2D eigenvalue weighted by atomic mass is 10.0. The summed E-state index contributed by atoms with van der Waals surface area (Å²) < 4.78 is 54.8. The summed E-state index contributed by atoms with van der Waals surface area (Å²) in [5, 5.41) is 9.75. The quantitative estimate of drug-likeness (QED) is 0.206. The number of halogens is 4. The molecule has 6 N–H and O–H groups in total. The van der Waals surface area contributed by atoms with Crippen LogP contribution < -0.4 is 31.7 Å². The van der Waals surface area contributed by atoms with E-state index in [9.17, 15) is 41.5 Å². The summed E-state index contributed by atoms with van der Waals surface area (Å²) in [6.07, 6.45) is -5.32. The fourth-order valence-corrected chi connectivity index (χ4v) is 3.64. The summed E-state index contributed by atoms with van der Waals surface area (Å²) >= 11 is 0. The number of hydrogen-bond donors (Lipinski definition) is 5. The van der Waals surface area contributed by atoms with Gasteiger partial charge in [0.05, 0.1) is 6.54 Å². The molecule has 0 aromatic heterocycles. The Kier molecular flexibility index (Phi) is 12.2. The zero-order valence-electron chi connectivity index (χ0n) is 22.7. The zero-order valence-corrected chi connectivity index (χ0v) is 22.7. The SMILES string of the molecule is CC(C)[C@H](NC(=O)c1ccc([18F])c(OC(F)(F)F)c1)C(=O)NCCC(=O)N[C@@H](Cc1ccccc1)C(=O)NCC(N)=O. The number of nitrogens with two attached hydrogens (primary N) is 1. The summed E-state index contributed by atoms with van der Waals surface area (Å²) in [5.74, 6) is -6.69. The topological polar surface area (TPSA) is 169 Å². The summed E-state index contributed by atoms with van der Waals surface area (Å²) in [5.41, 5.74) is 5.42. The highest BCUT2D eigenvalue weighted by Crippen LogP contribution is 2.26. The molecule has 11 nitrogen and oxygen atoms in total. The fraction of sp³-hybridized carbons (Fsp3) is 0.370. The van der Waals surface area contributed by atoms with E-state index in [4.69, 9.17) is 5.73 Å². The second-order valence-corrected chi connectivity index (χ2v) is 9.42. The average molecular weight is 597 g/mol. The van der Waals surface area contributed by atoms with Crippen molar-refractivity contribution in [2.75, 3.05) is 13.1 Å². The molecular weight excluding hydrogens is 565 g/mol. The third-order valence-corrected chi connectivity index (χ3v) is 5.68. The van der Waals surface area contributed by atoms with Gasteiger partial charge < -0.3 is 31.7 Å². The molecule has 2 rings (SSSR count). The maximum absolute atomic E-state index is 13.7. The first-order valence-corrected chi connectivity index (χ1v) is 12.7. The van der Waals surface area contributed by atoms with Crippen molar-refractivity contribution in [1.82, 2.24) is 21.3 Å². The van der Waals surface area contributed by atoms with Crippen molar-refractivity contribution in [3.8, 4) is 5.75 Å². The average Bonchev–Trinajstić information content (AvgIpc) is 2.90. The number of alkyl halides is 3. The molecule has 2 aromatic rings. The van der Waals surface area contributed by atoms with Crippen molar-refractivity contribution < 1.29 is 46.3 Å². The van der Waals surface area contributed by atoms with Crippen LogP contribution in [0.15, 0.2) is 48.5 Å². The van der Waals surface area contributed by atoms with Crippen LogP contribution >= 0.6 is 0 Å². The second-order valence-electron chi connectivity index (χ2n) is 9.42. The lowest BCUT2D eigenvalue weighted by molar-refractivity contribution is -0.275. The lowest BCUT2D eigenvalue weighted by Crippen LogP contribution is -2.51. The Hall–Kier alpha value is -4.69. The predicted octanol–water partition coefficient (Wildman–Crippen LogP) is 1.31. The number of rotatable bonds is 14. The lowest BCUT2D eigenvalue weighted by Gasteiger charge is -2.22. The summed E-state index contributed by atoms with van der Waals surface area (Å²) in [6.45, 7) is 2.58. The minimum Gasteiger partial charge on any atom is -0.403 e. The Labute approximate surface area is 238 Å². The molecule has 0 aliphatic carbocycles. The number of carbonyl (C=O) groups is 5. The van der Waals surface area contributed by atoms with Crippen LogP contribution in [0.2, 0.25) is 0 Å². The summed E-state index contributed by atoms with van der Waals surface area (Å²) in [4.78, 5) is 61.5. The van der Waals surface area contributed by atoms with Crippen molar-refractivity contribution in [2.45, 2.75) is 45.1 Å². The van der Waals surface area contributed by atoms with Gasteiger partial charge in [0.25, 0.3) is 5.91 Å². The maximum Gasteiger partial charge on any atom is 0.573 e. The highest BCUT2D eigenvalue weighted by Gasteiger charge is 2.33. The van der Waals surface area contributed by atoms with E-state index in [1.165, 1.54) is 0 Å². The van der Waals surface area contributed by atoms with Crippen molar-refractivity contribution >= 4 is 29.5 Å². The van der Waals surface area contributed by atoms with Crippen molar-refractivity contribution in [2.24, 2.45) is 11.7 Å². The Morgan fingerprint density at radius 1 is 0.929 bits per heavy atom. The van der Waals surface area contributed by atoms with Gasteiger partial charge in [-0.25, -0.2) is 4.39 Å². The van der Waals surface area contributed by atoms with Gasteiger partial charge in [0.1, 0.15) is 12.1 Å². The number of nitrogens with one attached hydrogen (secondary N) is 4. The first-order valence-electron chi connectivity index (χ1n) is 12.7. The molecule has 0 saturated heterocycles. The van der Waals surface area contributed by atoms with E-state index in [-0.39, 0.29) is 24.9 Å². The molecule has 0 bridgehead atoms. The number of hydrogen-bond acceptors (Lipinski definition) is 6. The number of primary amides is 1. The largest absolute Gasteiger partial charge is 0.573 e. The molecule has 5 amide bonds. The standard InChI is InChI=1S/C27H31F4N5O6/c1-15(2)23(36-24(39)17-8-9-18(28)20(13-17)42-27(29,30)31)26(41)33-11-10-22(38)35-19(25(40)34-14-21(32)37)12-16-6-4-3-5-7-16/h3-9,13,15,19,23H,10-12,14H2,1-2H3,(H2,32,37)(H,33,41)(H,34,40)(H,35,38)(H,36,39)/t19-,23-/m0/s1/i28-1. The molecule has 2 aromatic carbocycles. The first-order chi connectivity index (χ1) is 19.7. The van der Waals surface area contributed by atoms with Gasteiger partial charge in [-0.05, 0) is 29.7 Å². The Morgan fingerprint density at radius 3 is 2.19 bits per heavy atom. The minimum atomic E-state index is -5.18. The van der Waals surface area contributed by atoms with Gasteiger partial charge in [-0.2, -0.15) is 0 Å². The molecule has 2 atom stereocenters. The number of benzene rings is 2. The third kappa shape index (κ3) is 11.4. The summed E-state index contributed by atoms with van der Waals surface area (Å²) in [7, 11) is 0. The molecular formula is C27H31F4N5O6. The van der Waals surface area contributed by atoms with Crippen molar-refractivity contribution in [3.05, 3.63) is 65.5 Å². The van der Waals surface area contributed by atoms with Crippen LogP contribution in [0.5, 0.6) is 5.75 Å². The molecule has 0 heterocycles. The molecule has 0 fully saturated rings. The molecule has 0 saturated carbocycles. The van der Waals surface area contributed by atoms with Crippen LogP contribution in [-0.4, -0.2) is 61.1 Å². The second kappa shape index (κ2) is 15.3. The van der Waals surface area contributed by atoms with Gasteiger partial charge >= 0.3 is 6.36 Å². The Balaban J connectivity index is 1.98. The van der Waals surface area contributed by atoms with Crippen LogP contribution in [0.4, 0.5) is 17.6 Å². The van der Waals surface area contributed by atoms with Gasteiger partial charge in [0.15, 0.2) is 11.6 Å². The van der Waals surface area contributed by atoms with E-state index in [1.807, 2.05) is 0 Å². The van der Waals surface area contributed by atoms with Crippen LogP contribution in [0.1, 0.15) is 36.2 Å². The number of ether oxygens (including phenoxy) is 1. The van der Waals surface area contributed by atoms with Crippen LogP contribution in [-0.2, 0) is 25.6 Å². The first kappa shape index (κ1) is 33.5. The van der Waals surface area contributed by atoms with E-state index in [1.54, 1.807) is 44.2 Å².